The Morgan fingerprint density at radius 2 is 2.12 bits per heavy atom. The Kier molecular flexibility index (Phi) is 7.46. The number of nitrogens with one attached hydrogen (secondary N) is 1. The zero-order valence-electron chi connectivity index (χ0n) is 15.7. The summed E-state index contributed by atoms with van der Waals surface area (Å²) >= 11 is 6.09. The number of rotatable bonds is 7. The van der Waals surface area contributed by atoms with Gasteiger partial charge in [0.1, 0.15) is 0 Å². The van der Waals surface area contributed by atoms with Crippen LogP contribution in [0.2, 0.25) is 5.02 Å². The van der Waals surface area contributed by atoms with Crippen LogP contribution < -0.4 is 5.32 Å². The van der Waals surface area contributed by atoms with E-state index in [-0.39, 0.29) is 21.4 Å². The monoisotopic (exact) mass is 401 g/mol. The van der Waals surface area contributed by atoms with E-state index in [4.69, 9.17) is 11.6 Å². The molecule has 1 heterocycles. The van der Waals surface area contributed by atoms with Gasteiger partial charge in [-0.15, -0.1) is 0 Å². The first-order chi connectivity index (χ1) is 12.2. The molecule has 0 spiro atoms. The summed E-state index contributed by atoms with van der Waals surface area (Å²) in [6.45, 7) is 5.99. The SMILES string of the molecule is CC1CCCN(CCCNC(=O)c2cc(S(=O)(=O)N(C)C)ccc2Cl)C1. The van der Waals surface area contributed by atoms with E-state index in [1.165, 1.54) is 45.1 Å². The van der Waals surface area contributed by atoms with Crippen molar-refractivity contribution in [2.45, 2.75) is 31.1 Å². The molecule has 1 unspecified atom stereocenters. The summed E-state index contributed by atoms with van der Waals surface area (Å²) in [5.41, 5.74) is 0.182. The molecule has 1 amide bonds. The predicted molar refractivity (Wildman–Crippen MR) is 104 cm³/mol. The van der Waals surface area contributed by atoms with E-state index in [1.807, 2.05) is 0 Å². The van der Waals surface area contributed by atoms with Crippen LogP contribution >= 0.6 is 11.6 Å². The number of nitrogens with zero attached hydrogens (tertiary/aromatic N) is 2. The first-order valence-electron chi connectivity index (χ1n) is 8.94. The van der Waals surface area contributed by atoms with Gasteiger partial charge in [0.05, 0.1) is 15.5 Å². The molecule has 146 valence electrons. The van der Waals surface area contributed by atoms with Gasteiger partial charge in [0, 0.05) is 27.2 Å². The highest BCUT2D eigenvalue weighted by atomic mass is 35.5. The van der Waals surface area contributed by atoms with Gasteiger partial charge in [-0.05, 0) is 56.5 Å². The second-order valence-electron chi connectivity index (χ2n) is 7.09. The third-order valence-corrected chi connectivity index (χ3v) is 6.78. The van der Waals surface area contributed by atoms with Crippen LogP contribution in [-0.4, -0.2) is 63.8 Å². The normalized spacial score (nSPS) is 18.9. The van der Waals surface area contributed by atoms with Gasteiger partial charge in [0.25, 0.3) is 5.91 Å². The highest BCUT2D eigenvalue weighted by Gasteiger charge is 2.21. The topological polar surface area (TPSA) is 69.7 Å². The van der Waals surface area contributed by atoms with Crippen LogP contribution in [0, 0.1) is 5.92 Å². The molecule has 0 bridgehead atoms. The number of hydrogen-bond acceptors (Lipinski definition) is 4. The van der Waals surface area contributed by atoms with Crippen molar-refractivity contribution < 1.29 is 13.2 Å². The number of benzene rings is 1. The number of likely N-dealkylation sites (tertiary alicyclic amines) is 1. The van der Waals surface area contributed by atoms with Crippen molar-refractivity contribution in [1.29, 1.82) is 0 Å². The number of hydrogen-bond donors (Lipinski definition) is 1. The molecule has 1 aromatic carbocycles. The van der Waals surface area contributed by atoms with E-state index in [0.29, 0.717) is 6.54 Å². The standard InChI is InChI=1S/C18H28ClN3O3S/c1-14-6-4-10-22(13-14)11-5-9-20-18(23)16-12-15(7-8-17(16)19)26(24,25)21(2)3/h7-8,12,14H,4-6,9-11,13H2,1-3H3,(H,20,23). The lowest BCUT2D eigenvalue weighted by molar-refractivity contribution is 0.0950. The zero-order valence-corrected chi connectivity index (χ0v) is 17.2. The number of piperidine rings is 1. The Morgan fingerprint density at radius 3 is 2.77 bits per heavy atom. The van der Waals surface area contributed by atoms with E-state index in [0.717, 1.165) is 36.3 Å². The van der Waals surface area contributed by atoms with E-state index < -0.39 is 10.0 Å². The Hall–Kier alpha value is -1.15. The molecule has 0 radical (unpaired) electrons. The van der Waals surface area contributed by atoms with Crippen LogP contribution in [0.3, 0.4) is 0 Å². The second kappa shape index (κ2) is 9.17. The summed E-state index contributed by atoms with van der Waals surface area (Å²) in [5.74, 6) is 0.386. The maximum atomic E-state index is 12.4. The maximum Gasteiger partial charge on any atom is 0.252 e. The van der Waals surface area contributed by atoms with Gasteiger partial charge in [-0.2, -0.15) is 0 Å². The summed E-state index contributed by atoms with van der Waals surface area (Å²) < 4.78 is 25.6. The summed E-state index contributed by atoms with van der Waals surface area (Å²) in [6.07, 6.45) is 3.37. The molecular formula is C18H28ClN3O3S. The summed E-state index contributed by atoms with van der Waals surface area (Å²) in [4.78, 5) is 14.9. The molecule has 1 fully saturated rings. The predicted octanol–water partition coefficient (Wildman–Crippen LogP) is 2.44. The molecule has 0 aromatic heterocycles. The molecule has 1 N–H and O–H groups in total. The van der Waals surface area contributed by atoms with Crippen molar-refractivity contribution >= 4 is 27.5 Å². The maximum absolute atomic E-state index is 12.4. The summed E-state index contributed by atoms with van der Waals surface area (Å²) in [6, 6.07) is 4.19. The Balaban J connectivity index is 1.92. The van der Waals surface area contributed by atoms with Gasteiger partial charge in [0.15, 0.2) is 0 Å². The van der Waals surface area contributed by atoms with E-state index in [9.17, 15) is 13.2 Å². The molecule has 26 heavy (non-hydrogen) atoms. The van der Waals surface area contributed by atoms with Gasteiger partial charge < -0.3 is 10.2 Å². The number of amides is 1. The van der Waals surface area contributed by atoms with Crippen molar-refractivity contribution in [2.24, 2.45) is 5.92 Å². The average Bonchev–Trinajstić information content (AvgIpc) is 2.58. The zero-order chi connectivity index (χ0) is 19.3. The Morgan fingerprint density at radius 1 is 1.38 bits per heavy atom. The molecule has 1 aliphatic rings. The lowest BCUT2D eigenvalue weighted by Gasteiger charge is -2.30. The van der Waals surface area contributed by atoms with Gasteiger partial charge in [-0.25, -0.2) is 12.7 Å². The summed E-state index contributed by atoms with van der Waals surface area (Å²) in [7, 11) is -0.708. The quantitative estimate of drug-likeness (QED) is 0.712. The number of halogens is 1. The van der Waals surface area contributed by atoms with Crippen molar-refractivity contribution in [3.05, 3.63) is 28.8 Å². The molecule has 8 heteroatoms. The Bertz CT molecular complexity index is 737. The lowest BCUT2D eigenvalue weighted by Crippen LogP contribution is -2.36. The van der Waals surface area contributed by atoms with Crippen LogP contribution in [-0.2, 0) is 10.0 Å². The molecule has 0 aliphatic carbocycles. The largest absolute Gasteiger partial charge is 0.352 e. The highest BCUT2D eigenvalue weighted by molar-refractivity contribution is 7.89. The third-order valence-electron chi connectivity index (χ3n) is 4.64. The lowest BCUT2D eigenvalue weighted by atomic mass is 10.0. The minimum Gasteiger partial charge on any atom is -0.352 e. The average molecular weight is 402 g/mol. The fraction of sp³-hybridized carbons (Fsp3) is 0.611. The minimum atomic E-state index is -3.61. The van der Waals surface area contributed by atoms with Crippen LogP contribution in [0.1, 0.15) is 36.5 Å². The van der Waals surface area contributed by atoms with Crippen molar-refractivity contribution in [1.82, 2.24) is 14.5 Å². The smallest absolute Gasteiger partial charge is 0.252 e. The van der Waals surface area contributed by atoms with Crippen LogP contribution in [0.5, 0.6) is 0 Å². The third kappa shape index (κ3) is 5.42. The van der Waals surface area contributed by atoms with Crippen molar-refractivity contribution in [3.8, 4) is 0 Å². The molecule has 0 saturated carbocycles. The molecule has 1 aromatic rings. The number of carbonyl (C=O) groups is 1. The molecule has 6 nitrogen and oxygen atoms in total. The molecule has 1 saturated heterocycles. The number of sulfonamides is 1. The highest BCUT2D eigenvalue weighted by Crippen LogP contribution is 2.22. The van der Waals surface area contributed by atoms with Crippen LogP contribution in [0.4, 0.5) is 0 Å². The van der Waals surface area contributed by atoms with E-state index in [1.54, 1.807) is 0 Å². The van der Waals surface area contributed by atoms with Crippen LogP contribution in [0.15, 0.2) is 23.1 Å². The van der Waals surface area contributed by atoms with E-state index in [2.05, 4.69) is 17.1 Å². The summed E-state index contributed by atoms with van der Waals surface area (Å²) in [5, 5.41) is 3.08. The van der Waals surface area contributed by atoms with Gasteiger partial charge in [0.2, 0.25) is 10.0 Å². The van der Waals surface area contributed by atoms with Gasteiger partial charge in [-0.1, -0.05) is 18.5 Å². The van der Waals surface area contributed by atoms with E-state index >= 15 is 0 Å². The first-order valence-corrected chi connectivity index (χ1v) is 10.8. The van der Waals surface area contributed by atoms with Gasteiger partial charge in [-0.3, -0.25) is 4.79 Å². The first kappa shape index (κ1) is 21.2. The van der Waals surface area contributed by atoms with Crippen molar-refractivity contribution in [2.75, 3.05) is 40.3 Å². The molecule has 2 rings (SSSR count). The fourth-order valence-corrected chi connectivity index (χ4v) is 4.27. The molecule has 1 atom stereocenters. The second-order valence-corrected chi connectivity index (χ2v) is 9.65. The van der Waals surface area contributed by atoms with Gasteiger partial charge >= 0.3 is 0 Å². The number of carbonyl (C=O) groups excluding carboxylic acids is 1. The molecular weight excluding hydrogens is 374 g/mol. The van der Waals surface area contributed by atoms with Crippen LogP contribution in [0.25, 0.3) is 0 Å². The Labute approximate surface area is 161 Å². The fourth-order valence-electron chi connectivity index (χ4n) is 3.14. The van der Waals surface area contributed by atoms with Crippen molar-refractivity contribution in [3.63, 3.8) is 0 Å². The molecule has 1 aliphatic heterocycles. The minimum absolute atomic E-state index is 0.0550.